The quantitative estimate of drug-likeness (QED) is 0.526. The number of nitrogens with one attached hydrogen (secondary N) is 1. The summed E-state index contributed by atoms with van der Waals surface area (Å²) < 4.78 is 5.73. The summed E-state index contributed by atoms with van der Waals surface area (Å²) in [5.41, 5.74) is 1.32. The number of aromatic nitrogens is 1. The minimum atomic E-state index is 0. The van der Waals surface area contributed by atoms with Crippen molar-refractivity contribution in [1.29, 1.82) is 0 Å². The first-order valence-electron chi connectivity index (χ1n) is 8.35. The number of likely N-dealkylation sites (N-methyl/N-ethyl adjacent to an activating group) is 1. The highest BCUT2D eigenvalue weighted by Gasteiger charge is 2.20. The van der Waals surface area contributed by atoms with Gasteiger partial charge in [-0.05, 0) is 19.2 Å². The summed E-state index contributed by atoms with van der Waals surface area (Å²) in [5, 5.41) is 6.66. The van der Waals surface area contributed by atoms with Crippen LogP contribution in [0.15, 0.2) is 16.5 Å². The Kier molecular flexibility index (Phi) is 8.25. The van der Waals surface area contributed by atoms with Gasteiger partial charge in [-0.3, -0.25) is 0 Å². The number of hydrogen-bond donors (Lipinski definition) is 2. The largest absolute Gasteiger partial charge is 1.00 e. The monoisotopic (exact) mass is 451 g/mol. The van der Waals surface area contributed by atoms with E-state index in [4.69, 9.17) is 27.6 Å². The molecular formula is C16H24BrCl2N5O. The molecule has 1 aromatic heterocycles. The maximum Gasteiger partial charge on any atom is 0.298 e. The Morgan fingerprint density at radius 1 is 1.12 bits per heavy atom. The third-order valence-electron chi connectivity index (χ3n) is 4.22. The van der Waals surface area contributed by atoms with E-state index in [-0.39, 0.29) is 17.0 Å². The topological polar surface area (TPSA) is 61.2 Å². The number of anilines is 1. The Labute approximate surface area is 168 Å². The molecule has 2 aliphatic heterocycles. The van der Waals surface area contributed by atoms with E-state index in [1.807, 2.05) is 0 Å². The molecule has 9 heteroatoms. The molecule has 0 aliphatic carbocycles. The van der Waals surface area contributed by atoms with Crippen molar-refractivity contribution in [2.45, 2.75) is 0 Å². The van der Waals surface area contributed by atoms with Crippen LogP contribution in [0.2, 0.25) is 10.0 Å². The molecule has 0 unspecified atom stereocenters. The molecule has 2 aromatic rings. The summed E-state index contributed by atoms with van der Waals surface area (Å²) in [6.45, 7) is 8.75. The van der Waals surface area contributed by atoms with Crippen molar-refractivity contribution in [2.75, 3.05) is 64.3 Å². The highest BCUT2D eigenvalue weighted by molar-refractivity contribution is 6.38. The second-order valence-corrected chi connectivity index (χ2v) is 6.98. The SMILES string of the molecule is C1C[NH2+]CCN1.CN1CCN(c2nc3cc(Cl)cc(Cl)c3o2)CC1.[Br-]. The summed E-state index contributed by atoms with van der Waals surface area (Å²) in [6, 6.07) is 4.07. The van der Waals surface area contributed by atoms with Crippen LogP contribution < -0.4 is 32.5 Å². The van der Waals surface area contributed by atoms with Crippen LogP contribution in [0.5, 0.6) is 0 Å². The Morgan fingerprint density at radius 3 is 2.36 bits per heavy atom. The lowest BCUT2D eigenvalue weighted by atomic mass is 10.3. The van der Waals surface area contributed by atoms with Gasteiger partial charge in [-0.1, -0.05) is 23.2 Å². The molecule has 2 saturated heterocycles. The Balaban J connectivity index is 0.000000275. The van der Waals surface area contributed by atoms with E-state index >= 15 is 0 Å². The van der Waals surface area contributed by atoms with E-state index in [9.17, 15) is 0 Å². The van der Waals surface area contributed by atoms with E-state index in [0.29, 0.717) is 27.2 Å². The number of hydrogen-bond acceptors (Lipinski definition) is 5. The molecule has 3 N–H and O–H groups in total. The fourth-order valence-electron chi connectivity index (χ4n) is 2.76. The van der Waals surface area contributed by atoms with E-state index in [2.05, 4.69) is 32.5 Å². The number of fused-ring (bicyclic) bond motifs is 1. The molecule has 0 bridgehead atoms. The van der Waals surface area contributed by atoms with Crippen molar-refractivity contribution in [3.8, 4) is 0 Å². The van der Waals surface area contributed by atoms with Crippen LogP contribution in [0.4, 0.5) is 6.01 Å². The van der Waals surface area contributed by atoms with Gasteiger partial charge in [0.15, 0.2) is 5.58 Å². The standard InChI is InChI=1S/C12H13Cl2N3O.C4H10N2.BrH/c1-16-2-4-17(5-3-16)12-15-10-7-8(13)6-9(14)11(10)18-12;1-2-6-4-3-5-1;/h6-7H,2-5H2,1H3;5-6H,1-4H2;1H. The van der Waals surface area contributed by atoms with Gasteiger partial charge in [0.2, 0.25) is 0 Å². The second kappa shape index (κ2) is 9.94. The van der Waals surface area contributed by atoms with Crippen LogP contribution in [0, 0.1) is 0 Å². The van der Waals surface area contributed by atoms with Gasteiger partial charge >= 0.3 is 0 Å². The number of piperazine rings is 2. The third-order valence-corrected chi connectivity index (χ3v) is 4.72. The zero-order valence-corrected chi connectivity index (χ0v) is 17.4. The van der Waals surface area contributed by atoms with Crippen molar-refractivity contribution in [3.63, 3.8) is 0 Å². The molecule has 2 aliphatic rings. The summed E-state index contributed by atoms with van der Waals surface area (Å²) >= 11 is 12.0. The van der Waals surface area contributed by atoms with Crippen molar-refractivity contribution >= 4 is 40.3 Å². The number of rotatable bonds is 1. The van der Waals surface area contributed by atoms with Crippen molar-refractivity contribution in [1.82, 2.24) is 15.2 Å². The normalized spacial score (nSPS) is 18.4. The maximum absolute atomic E-state index is 6.09. The predicted octanol–water partition coefficient (Wildman–Crippen LogP) is -1.96. The molecule has 0 amide bonds. The van der Waals surface area contributed by atoms with Gasteiger partial charge in [0.25, 0.3) is 6.01 Å². The minimum Gasteiger partial charge on any atom is -1.00 e. The van der Waals surface area contributed by atoms with Crippen LogP contribution in [0.1, 0.15) is 0 Å². The van der Waals surface area contributed by atoms with Crippen molar-refractivity contribution < 1.29 is 26.7 Å². The summed E-state index contributed by atoms with van der Waals surface area (Å²) in [6.07, 6.45) is 0. The van der Waals surface area contributed by atoms with Crippen LogP contribution in [0.3, 0.4) is 0 Å². The number of nitrogens with zero attached hydrogens (tertiary/aromatic N) is 3. The molecule has 4 rings (SSSR count). The molecule has 2 fully saturated rings. The molecule has 6 nitrogen and oxygen atoms in total. The highest BCUT2D eigenvalue weighted by Crippen LogP contribution is 2.31. The lowest BCUT2D eigenvalue weighted by Crippen LogP contribution is -3.00. The third kappa shape index (κ3) is 5.70. The zero-order valence-electron chi connectivity index (χ0n) is 14.3. The smallest absolute Gasteiger partial charge is 0.298 e. The van der Waals surface area contributed by atoms with E-state index < -0.39 is 0 Å². The van der Waals surface area contributed by atoms with Crippen molar-refractivity contribution in [2.24, 2.45) is 0 Å². The number of benzene rings is 1. The van der Waals surface area contributed by atoms with E-state index in [1.165, 1.54) is 26.2 Å². The Morgan fingerprint density at radius 2 is 1.80 bits per heavy atom. The average molecular weight is 453 g/mol. The zero-order chi connectivity index (χ0) is 16.9. The first kappa shape index (κ1) is 20.7. The molecule has 1 aromatic carbocycles. The number of quaternary nitrogens is 1. The lowest BCUT2D eigenvalue weighted by molar-refractivity contribution is -0.657. The number of halogens is 3. The fourth-order valence-corrected chi connectivity index (χ4v) is 3.28. The molecule has 0 spiro atoms. The second-order valence-electron chi connectivity index (χ2n) is 6.14. The molecule has 25 heavy (non-hydrogen) atoms. The molecule has 140 valence electrons. The average Bonchev–Trinajstić information content (AvgIpc) is 3.02. The van der Waals surface area contributed by atoms with Gasteiger partial charge in [-0.15, -0.1) is 0 Å². The predicted molar refractivity (Wildman–Crippen MR) is 98.3 cm³/mol. The van der Waals surface area contributed by atoms with Crippen LogP contribution in [-0.4, -0.2) is 69.3 Å². The van der Waals surface area contributed by atoms with Crippen LogP contribution in [-0.2, 0) is 0 Å². The lowest BCUT2D eigenvalue weighted by Gasteiger charge is -2.31. The van der Waals surface area contributed by atoms with Gasteiger partial charge in [0.05, 0.1) is 18.1 Å². The summed E-state index contributed by atoms with van der Waals surface area (Å²) in [4.78, 5) is 8.86. The number of nitrogens with two attached hydrogens (primary N) is 1. The van der Waals surface area contributed by atoms with Crippen LogP contribution >= 0.6 is 23.2 Å². The van der Waals surface area contributed by atoms with Crippen LogP contribution in [0.25, 0.3) is 11.1 Å². The summed E-state index contributed by atoms with van der Waals surface area (Å²) in [5.74, 6) is 0. The van der Waals surface area contributed by atoms with Gasteiger partial charge in [-0.2, -0.15) is 4.98 Å². The molecule has 0 saturated carbocycles. The van der Waals surface area contributed by atoms with E-state index in [1.54, 1.807) is 12.1 Å². The van der Waals surface area contributed by atoms with Gasteiger partial charge in [0, 0.05) is 44.3 Å². The first-order chi connectivity index (χ1) is 11.6. The first-order valence-corrected chi connectivity index (χ1v) is 9.10. The fraction of sp³-hybridized carbons (Fsp3) is 0.562. The maximum atomic E-state index is 6.09. The summed E-state index contributed by atoms with van der Waals surface area (Å²) in [7, 11) is 2.11. The van der Waals surface area contributed by atoms with Crippen molar-refractivity contribution in [3.05, 3.63) is 22.2 Å². The Hall–Kier alpha value is -0.570. The highest BCUT2D eigenvalue weighted by atomic mass is 79.9. The molecular weight excluding hydrogens is 429 g/mol. The molecule has 0 atom stereocenters. The molecule has 3 heterocycles. The Bertz CT molecular complexity index is 660. The van der Waals surface area contributed by atoms with Gasteiger partial charge in [0.1, 0.15) is 5.52 Å². The molecule has 0 radical (unpaired) electrons. The van der Waals surface area contributed by atoms with E-state index in [0.717, 1.165) is 26.2 Å². The van der Waals surface area contributed by atoms with Gasteiger partial charge < -0.3 is 41.8 Å². The van der Waals surface area contributed by atoms with Gasteiger partial charge in [-0.25, -0.2) is 0 Å². The minimum absolute atomic E-state index is 0. The number of oxazole rings is 1.